The molecule has 4 heterocycles. The van der Waals surface area contributed by atoms with Crippen LogP contribution in [0.1, 0.15) is 12.0 Å². The summed E-state index contributed by atoms with van der Waals surface area (Å²) in [7, 11) is -3.73. The van der Waals surface area contributed by atoms with Crippen LogP contribution in [-0.2, 0) is 9.84 Å². The van der Waals surface area contributed by atoms with Crippen molar-refractivity contribution in [3.05, 3.63) is 83.2 Å². The molecule has 5 aromatic rings. The third kappa shape index (κ3) is 4.59. The lowest BCUT2D eigenvalue weighted by molar-refractivity contribution is 0.198. The summed E-state index contributed by atoms with van der Waals surface area (Å²) >= 11 is 0. The topological polar surface area (TPSA) is 131 Å². The first kappa shape index (κ1) is 25.0. The van der Waals surface area contributed by atoms with Gasteiger partial charge in [-0.1, -0.05) is 0 Å². The van der Waals surface area contributed by atoms with Crippen LogP contribution < -0.4 is 10.5 Å². The number of anilines is 1. The number of sulfone groups is 1. The minimum atomic E-state index is -3.73. The molecule has 1 N–H and O–H groups in total. The number of aliphatic hydroxyl groups excluding tert-OH is 1. The second kappa shape index (κ2) is 9.44. The van der Waals surface area contributed by atoms with Crippen molar-refractivity contribution in [2.75, 3.05) is 24.2 Å². The Morgan fingerprint density at radius 1 is 1.10 bits per heavy atom. The average molecular weight is 544 g/mol. The van der Waals surface area contributed by atoms with Crippen LogP contribution in [0.5, 0.6) is 0 Å². The highest BCUT2D eigenvalue weighted by Crippen LogP contribution is 2.32. The summed E-state index contributed by atoms with van der Waals surface area (Å²) < 4.78 is 32.3. The van der Waals surface area contributed by atoms with Gasteiger partial charge in [-0.2, -0.15) is 9.78 Å². The zero-order valence-electron chi connectivity index (χ0n) is 21.3. The number of hydrogen-bond acceptors (Lipinski definition) is 9. The van der Waals surface area contributed by atoms with E-state index < -0.39 is 21.5 Å². The molecule has 39 heavy (non-hydrogen) atoms. The number of aromatic nitrogens is 4. The zero-order chi connectivity index (χ0) is 27.3. The van der Waals surface area contributed by atoms with E-state index in [2.05, 4.69) is 9.97 Å². The van der Waals surface area contributed by atoms with Gasteiger partial charge in [0, 0.05) is 47.7 Å². The standard InChI is InChI=1S/C28H25N5O5S/c1-17-10-18(24-14-29-16-38-24)12-19(11-17)26-22-4-3-8-30-27(22)28(35)33(31-26)23-13-20(32-9-7-21(34)15-32)5-6-25(23)39(2,36)37/h3-6,8,10-14,16,21,34H,7,9,15H2,1-2H3. The average Bonchev–Trinajstić information content (AvgIpc) is 3.60. The maximum atomic E-state index is 13.8. The van der Waals surface area contributed by atoms with Crippen molar-refractivity contribution in [2.45, 2.75) is 24.3 Å². The van der Waals surface area contributed by atoms with Crippen LogP contribution in [0.2, 0.25) is 0 Å². The van der Waals surface area contributed by atoms with Gasteiger partial charge in [0.15, 0.2) is 22.0 Å². The number of aliphatic hydroxyl groups is 1. The first-order valence-corrected chi connectivity index (χ1v) is 14.2. The molecule has 1 aliphatic rings. The van der Waals surface area contributed by atoms with E-state index in [1.54, 1.807) is 30.5 Å². The number of oxazole rings is 1. The Labute approximate surface area is 224 Å². The number of hydrogen-bond donors (Lipinski definition) is 1. The Morgan fingerprint density at radius 3 is 2.64 bits per heavy atom. The monoisotopic (exact) mass is 543 g/mol. The van der Waals surface area contributed by atoms with Crippen molar-refractivity contribution in [1.29, 1.82) is 0 Å². The van der Waals surface area contributed by atoms with Crippen molar-refractivity contribution in [3.63, 3.8) is 0 Å². The van der Waals surface area contributed by atoms with Crippen LogP contribution in [0.4, 0.5) is 5.69 Å². The van der Waals surface area contributed by atoms with Gasteiger partial charge in [-0.15, -0.1) is 0 Å². The molecule has 0 aliphatic carbocycles. The number of rotatable bonds is 5. The largest absolute Gasteiger partial charge is 0.444 e. The molecule has 0 spiro atoms. The molecule has 198 valence electrons. The van der Waals surface area contributed by atoms with E-state index in [-0.39, 0.29) is 16.1 Å². The zero-order valence-corrected chi connectivity index (χ0v) is 22.1. The van der Waals surface area contributed by atoms with E-state index in [0.717, 1.165) is 22.1 Å². The van der Waals surface area contributed by atoms with Crippen LogP contribution in [0.25, 0.3) is 39.2 Å². The van der Waals surface area contributed by atoms with Crippen molar-refractivity contribution in [3.8, 4) is 28.3 Å². The molecule has 0 amide bonds. The molecule has 11 heteroatoms. The predicted molar refractivity (Wildman–Crippen MR) is 147 cm³/mol. The van der Waals surface area contributed by atoms with Gasteiger partial charge in [0.2, 0.25) is 0 Å². The van der Waals surface area contributed by atoms with Crippen molar-refractivity contribution < 1.29 is 17.9 Å². The number of nitrogens with zero attached hydrogens (tertiary/aromatic N) is 5. The minimum absolute atomic E-state index is 0.0339. The molecule has 1 atom stereocenters. The first-order valence-electron chi connectivity index (χ1n) is 12.4. The fourth-order valence-corrected chi connectivity index (χ4v) is 5.86. The molecule has 1 fully saturated rings. The van der Waals surface area contributed by atoms with Gasteiger partial charge in [0.1, 0.15) is 11.2 Å². The van der Waals surface area contributed by atoms with Gasteiger partial charge >= 0.3 is 0 Å². The van der Waals surface area contributed by atoms with Crippen LogP contribution >= 0.6 is 0 Å². The van der Waals surface area contributed by atoms with E-state index in [4.69, 9.17) is 9.52 Å². The van der Waals surface area contributed by atoms with Crippen LogP contribution in [-0.4, -0.2) is 58.7 Å². The van der Waals surface area contributed by atoms with Crippen LogP contribution in [0, 0.1) is 6.92 Å². The Hall–Kier alpha value is -4.35. The van der Waals surface area contributed by atoms with E-state index in [1.807, 2.05) is 30.0 Å². The lowest BCUT2D eigenvalue weighted by atomic mass is 10.0. The van der Waals surface area contributed by atoms with Crippen molar-refractivity contribution >= 4 is 26.4 Å². The van der Waals surface area contributed by atoms with Gasteiger partial charge < -0.3 is 14.4 Å². The third-order valence-corrected chi connectivity index (χ3v) is 7.97. The SMILES string of the molecule is Cc1cc(-c2cnco2)cc(-c2nn(-c3cc(N4CCC(O)C4)ccc3S(C)(=O)=O)c(=O)c3ncccc23)c1. The molecular weight excluding hydrogens is 518 g/mol. The second-order valence-corrected chi connectivity index (χ2v) is 11.7. The molecule has 3 aromatic heterocycles. The lowest BCUT2D eigenvalue weighted by Crippen LogP contribution is -2.26. The Balaban J connectivity index is 1.63. The number of β-amino-alcohol motifs (C(OH)–C–C–N with tert-alkyl or cyclic N) is 1. The third-order valence-electron chi connectivity index (χ3n) is 6.82. The fourth-order valence-electron chi connectivity index (χ4n) is 5.02. The summed E-state index contributed by atoms with van der Waals surface area (Å²) in [6.07, 6.45) is 5.72. The number of aryl methyl sites for hydroxylation is 1. The number of fused-ring (bicyclic) bond motifs is 1. The van der Waals surface area contributed by atoms with Crippen LogP contribution in [0.3, 0.4) is 0 Å². The molecule has 2 aromatic carbocycles. The molecule has 0 radical (unpaired) electrons. The summed E-state index contributed by atoms with van der Waals surface area (Å²) in [5, 5.41) is 15.3. The van der Waals surface area contributed by atoms with Gasteiger partial charge in [0.05, 0.1) is 22.9 Å². The highest BCUT2D eigenvalue weighted by Gasteiger charge is 2.25. The normalized spacial score (nSPS) is 15.8. The number of pyridine rings is 1. The molecule has 0 bridgehead atoms. The van der Waals surface area contributed by atoms with Gasteiger partial charge in [-0.3, -0.25) is 9.78 Å². The number of benzene rings is 2. The Morgan fingerprint density at radius 2 is 1.92 bits per heavy atom. The summed E-state index contributed by atoms with van der Waals surface area (Å²) in [6, 6.07) is 14.1. The summed E-state index contributed by atoms with van der Waals surface area (Å²) in [4.78, 5) is 24.0. The van der Waals surface area contributed by atoms with Crippen LogP contribution in [0.15, 0.2) is 81.4 Å². The summed E-state index contributed by atoms with van der Waals surface area (Å²) in [5.74, 6) is 0.579. The quantitative estimate of drug-likeness (QED) is 0.354. The second-order valence-electron chi connectivity index (χ2n) is 9.73. The molecule has 10 nitrogen and oxygen atoms in total. The fraction of sp³-hybridized carbons (Fsp3) is 0.214. The van der Waals surface area contributed by atoms with Gasteiger partial charge in [0.25, 0.3) is 5.56 Å². The lowest BCUT2D eigenvalue weighted by Gasteiger charge is -2.20. The maximum Gasteiger partial charge on any atom is 0.298 e. The highest BCUT2D eigenvalue weighted by molar-refractivity contribution is 7.90. The van der Waals surface area contributed by atoms with Crippen molar-refractivity contribution in [1.82, 2.24) is 19.7 Å². The summed E-state index contributed by atoms with van der Waals surface area (Å²) in [5.41, 5.74) is 3.31. The molecule has 6 rings (SSSR count). The van der Waals surface area contributed by atoms with Crippen molar-refractivity contribution in [2.24, 2.45) is 0 Å². The summed E-state index contributed by atoms with van der Waals surface area (Å²) in [6.45, 7) is 2.97. The molecular formula is C28H25N5O5S. The highest BCUT2D eigenvalue weighted by atomic mass is 32.2. The van der Waals surface area contributed by atoms with E-state index >= 15 is 0 Å². The smallest absolute Gasteiger partial charge is 0.298 e. The maximum absolute atomic E-state index is 13.8. The minimum Gasteiger partial charge on any atom is -0.444 e. The molecule has 0 saturated carbocycles. The molecule has 1 unspecified atom stereocenters. The Kier molecular flexibility index (Phi) is 6.04. The van der Waals surface area contributed by atoms with Gasteiger partial charge in [-0.25, -0.2) is 13.4 Å². The molecule has 1 aliphatic heterocycles. The van der Waals surface area contributed by atoms with E-state index in [1.165, 1.54) is 18.7 Å². The first-order chi connectivity index (χ1) is 18.7. The van der Waals surface area contributed by atoms with Gasteiger partial charge in [-0.05, 0) is 67.4 Å². The Bertz CT molecular complexity index is 1880. The predicted octanol–water partition coefficient (Wildman–Crippen LogP) is 3.39. The molecule has 1 saturated heterocycles. The van der Waals surface area contributed by atoms with E-state index in [0.29, 0.717) is 47.6 Å². The van der Waals surface area contributed by atoms with E-state index in [9.17, 15) is 18.3 Å².